The minimum atomic E-state index is -0.469. The smallest absolute Gasteiger partial charge is 0.248 e. The lowest BCUT2D eigenvalue weighted by Gasteiger charge is -2.20. The number of primary amides is 1. The van der Waals surface area contributed by atoms with Crippen molar-refractivity contribution in [2.45, 2.75) is 25.8 Å². The standard InChI is InChI=1S/C14H19N3O2/c1-2-17(12-6-7-12)13(18)9-16-11-5-3-4-10(8-11)14(15)19/h3-5,8,12,16H,2,6-7,9H2,1H3,(H2,15,19). The first kappa shape index (κ1) is 13.4. The van der Waals surface area contributed by atoms with Crippen LogP contribution in [0.25, 0.3) is 0 Å². The molecule has 102 valence electrons. The van der Waals surface area contributed by atoms with E-state index in [0.29, 0.717) is 11.6 Å². The van der Waals surface area contributed by atoms with Crippen LogP contribution in [0.5, 0.6) is 0 Å². The highest BCUT2D eigenvalue weighted by Crippen LogP contribution is 2.26. The van der Waals surface area contributed by atoms with Gasteiger partial charge in [0.25, 0.3) is 0 Å². The molecule has 0 saturated heterocycles. The molecule has 5 heteroatoms. The maximum absolute atomic E-state index is 12.0. The Morgan fingerprint density at radius 3 is 2.74 bits per heavy atom. The maximum Gasteiger partial charge on any atom is 0.248 e. The molecule has 0 unspecified atom stereocenters. The molecule has 0 spiro atoms. The van der Waals surface area contributed by atoms with Crippen molar-refractivity contribution in [3.8, 4) is 0 Å². The number of anilines is 1. The van der Waals surface area contributed by atoms with E-state index in [1.165, 1.54) is 0 Å². The average Bonchev–Trinajstić information content (AvgIpc) is 3.22. The molecule has 1 fully saturated rings. The lowest BCUT2D eigenvalue weighted by molar-refractivity contribution is -0.129. The van der Waals surface area contributed by atoms with Gasteiger partial charge in [0.2, 0.25) is 11.8 Å². The van der Waals surface area contributed by atoms with E-state index in [0.717, 1.165) is 25.1 Å². The number of hydrogen-bond donors (Lipinski definition) is 2. The second-order valence-corrected chi connectivity index (χ2v) is 4.71. The fourth-order valence-electron chi connectivity index (χ4n) is 2.09. The number of likely N-dealkylation sites (N-methyl/N-ethyl adjacent to an activating group) is 1. The van der Waals surface area contributed by atoms with E-state index >= 15 is 0 Å². The van der Waals surface area contributed by atoms with Gasteiger partial charge in [-0.25, -0.2) is 0 Å². The highest BCUT2D eigenvalue weighted by atomic mass is 16.2. The van der Waals surface area contributed by atoms with Gasteiger partial charge in [-0.2, -0.15) is 0 Å². The molecule has 1 aromatic rings. The van der Waals surface area contributed by atoms with E-state index in [-0.39, 0.29) is 12.5 Å². The summed E-state index contributed by atoms with van der Waals surface area (Å²) in [4.78, 5) is 25.0. The number of nitrogens with zero attached hydrogens (tertiary/aromatic N) is 1. The normalized spacial score (nSPS) is 13.9. The van der Waals surface area contributed by atoms with Crippen molar-refractivity contribution >= 4 is 17.5 Å². The number of amides is 2. The van der Waals surface area contributed by atoms with Crippen molar-refractivity contribution < 1.29 is 9.59 Å². The Morgan fingerprint density at radius 2 is 2.16 bits per heavy atom. The average molecular weight is 261 g/mol. The minimum absolute atomic E-state index is 0.0921. The van der Waals surface area contributed by atoms with E-state index in [4.69, 9.17) is 5.73 Å². The largest absolute Gasteiger partial charge is 0.376 e. The number of carbonyl (C=O) groups excluding carboxylic acids is 2. The highest BCUT2D eigenvalue weighted by molar-refractivity contribution is 5.93. The van der Waals surface area contributed by atoms with E-state index in [1.54, 1.807) is 18.2 Å². The van der Waals surface area contributed by atoms with Crippen molar-refractivity contribution in [2.24, 2.45) is 5.73 Å². The molecule has 1 aliphatic carbocycles. The van der Waals surface area contributed by atoms with Crippen LogP contribution in [0.15, 0.2) is 24.3 Å². The molecule has 0 radical (unpaired) electrons. The summed E-state index contributed by atoms with van der Waals surface area (Å²) in [5.41, 5.74) is 6.38. The second-order valence-electron chi connectivity index (χ2n) is 4.71. The van der Waals surface area contributed by atoms with Crippen LogP contribution in [0.1, 0.15) is 30.1 Å². The minimum Gasteiger partial charge on any atom is -0.376 e. The fourth-order valence-corrected chi connectivity index (χ4v) is 2.09. The van der Waals surface area contributed by atoms with E-state index < -0.39 is 5.91 Å². The van der Waals surface area contributed by atoms with Crippen LogP contribution < -0.4 is 11.1 Å². The predicted octanol–water partition coefficient (Wildman–Crippen LogP) is 1.21. The Labute approximate surface area is 112 Å². The van der Waals surface area contributed by atoms with Crippen LogP contribution in [-0.4, -0.2) is 35.8 Å². The molecule has 0 aliphatic heterocycles. The first-order chi connectivity index (χ1) is 9.11. The van der Waals surface area contributed by atoms with E-state index in [1.807, 2.05) is 17.9 Å². The highest BCUT2D eigenvalue weighted by Gasteiger charge is 2.30. The van der Waals surface area contributed by atoms with Gasteiger partial charge in [-0.1, -0.05) is 6.07 Å². The van der Waals surface area contributed by atoms with Crippen molar-refractivity contribution in [1.82, 2.24) is 4.90 Å². The van der Waals surface area contributed by atoms with E-state index in [9.17, 15) is 9.59 Å². The third-order valence-corrected chi connectivity index (χ3v) is 3.24. The van der Waals surface area contributed by atoms with Gasteiger partial charge in [-0.3, -0.25) is 9.59 Å². The Kier molecular flexibility index (Phi) is 4.04. The van der Waals surface area contributed by atoms with Gasteiger partial charge in [-0.15, -0.1) is 0 Å². The van der Waals surface area contributed by atoms with Gasteiger partial charge >= 0.3 is 0 Å². The molecule has 5 nitrogen and oxygen atoms in total. The number of benzene rings is 1. The molecule has 1 aliphatic rings. The Morgan fingerprint density at radius 1 is 1.42 bits per heavy atom. The number of hydrogen-bond acceptors (Lipinski definition) is 3. The summed E-state index contributed by atoms with van der Waals surface area (Å²) in [6.45, 7) is 2.98. The molecule has 1 aromatic carbocycles. The molecule has 1 saturated carbocycles. The molecule has 2 rings (SSSR count). The number of carbonyl (C=O) groups is 2. The first-order valence-electron chi connectivity index (χ1n) is 6.55. The molecular formula is C14H19N3O2. The topological polar surface area (TPSA) is 75.4 Å². The van der Waals surface area contributed by atoms with Gasteiger partial charge in [0, 0.05) is 23.8 Å². The molecule has 3 N–H and O–H groups in total. The van der Waals surface area contributed by atoms with Gasteiger partial charge in [0.1, 0.15) is 0 Å². The van der Waals surface area contributed by atoms with E-state index in [2.05, 4.69) is 5.32 Å². The van der Waals surface area contributed by atoms with Crippen molar-refractivity contribution in [3.63, 3.8) is 0 Å². The Bertz CT molecular complexity index is 483. The first-order valence-corrected chi connectivity index (χ1v) is 6.55. The molecule has 0 atom stereocenters. The summed E-state index contributed by atoms with van der Waals surface area (Å²) in [6, 6.07) is 7.29. The maximum atomic E-state index is 12.0. The zero-order chi connectivity index (χ0) is 13.8. The second kappa shape index (κ2) is 5.73. The van der Waals surface area contributed by atoms with Crippen LogP contribution in [0, 0.1) is 0 Å². The van der Waals surface area contributed by atoms with Crippen LogP contribution in [0.3, 0.4) is 0 Å². The molecule has 2 amide bonds. The van der Waals surface area contributed by atoms with Crippen molar-refractivity contribution in [3.05, 3.63) is 29.8 Å². The third-order valence-electron chi connectivity index (χ3n) is 3.24. The molecular weight excluding hydrogens is 242 g/mol. The summed E-state index contributed by atoms with van der Waals surface area (Å²) in [5.74, 6) is -0.377. The zero-order valence-corrected chi connectivity index (χ0v) is 11.1. The van der Waals surface area contributed by atoms with Crippen LogP contribution in [-0.2, 0) is 4.79 Å². The van der Waals surface area contributed by atoms with Gasteiger partial charge < -0.3 is 16.0 Å². The zero-order valence-electron chi connectivity index (χ0n) is 11.1. The molecule has 0 bridgehead atoms. The number of nitrogens with two attached hydrogens (primary N) is 1. The van der Waals surface area contributed by atoms with Crippen molar-refractivity contribution in [2.75, 3.05) is 18.4 Å². The lowest BCUT2D eigenvalue weighted by Crippen LogP contribution is -2.37. The quantitative estimate of drug-likeness (QED) is 0.808. The summed E-state index contributed by atoms with van der Waals surface area (Å²) in [5, 5.41) is 3.04. The molecule has 0 aromatic heterocycles. The number of nitrogens with one attached hydrogen (secondary N) is 1. The van der Waals surface area contributed by atoms with Crippen LogP contribution in [0.2, 0.25) is 0 Å². The summed E-state index contributed by atoms with van der Waals surface area (Å²) >= 11 is 0. The van der Waals surface area contributed by atoms with Gasteiger partial charge in [-0.05, 0) is 38.0 Å². The van der Waals surface area contributed by atoms with Crippen LogP contribution >= 0.6 is 0 Å². The van der Waals surface area contributed by atoms with Gasteiger partial charge in [0.15, 0.2) is 0 Å². The summed E-state index contributed by atoms with van der Waals surface area (Å²) in [7, 11) is 0. The fraction of sp³-hybridized carbons (Fsp3) is 0.429. The SMILES string of the molecule is CCN(C(=O)CNc1cccc(C(N)=O)c1)C1CC1. The van der Waals surface area contributed by atoms with Gasteiger partial charge in [0.05, 0.1) is 6.54 Å². The van der Waals surface area contributed by atoms with Crippen molar-refractivity contribution in [1.29, 1.82) is 0 Å². The Hall–Kier alpha value is -2.04. The molecule has 0 heterocycles. The lowest BCUT2D eigenvalue weighted by atomic mass is 10.2. The predicted molar refractivity (Wildman–Crippen MR) is 73.9 cm³/mol. The Balaban J connectivity index is 1.92. The third kappa shape index (κ3) is 3.47. The monoisotopic (exact) mass is 261 g/mol. The molecule has 19 heavy (non-hydrogen) atoms. The number of rotatable bonds is 6. The van der Waals surface area contributed by atoms with Crippen LogP contribution in [0.4, 0.5) is 5.69 Å². The summed E-state index contributed by atoms with van der Waals surface area (Å²) < 4.78 is 0. The summed E-state index contributed by atoms with van der Waals surface area (Å²) in [6.07, 6.45) is 2.22.